The molecule has 0 spiro atoms. The van der Waals surface area contributed by atoms with Gasteiger partial charge in [-0.25, -0.2) is 0 Å². The lowest BCUT2D eigenvalue weighted by molar-refractivity contribution is 0.561. The molecule has 0 aliphatic carbocycles. The molecule has 1 N–H and O–H groups in total. The number of benzene rings is 1. The molecule has 1 aromatic heterocycles. The largest absolute Gasteiger partial charge is 0.351 e. The Morgan fingerprint density at radius 2 is 2.08 bits per heavy atom. The van der Waals surface area contributed by atoms with Gasteiger partial charge in [0.15, 0.2) is 0 Å². The van der Waals surface area contributed by atoms with Gasteiger partial charge < -0.3 is 4.98 Å². The average Bonchev–Trinajstić information content (AvgIpc) is 2.44. The molecule has 2 rings (SSSR count). The van der Waals surface area contributed by atoms with Crippen LogP contribution in [0, 0.1) is 6.92 Å². The monoisotopic (exact) mass is 158 g/mol. The Morgan fingerprint density at radius 3 is 2.75 bits per heavy atom. The van der Waals surface area contributed by atoms with Crippen molar-refractivity contribution in [1.82, 2.24) is 4.98 Å². The second kappa shape index (κ2) is 2.48. The maximum Gasteiger partial charge on any atom is 0.251 e. The van der Waals surface area contributed by atoms with Gasteiger partial charge in [-0.05, 0) is 18.6 Å². The normalized spacial score (nSPS) is 10.4. The van der Waals surface area contributed by atoms with Crippen LogP contribution in [0.2, 0.25) is 0 Å². The molecule has 1 aromatic carbocycles. The third-order valence-corrected chi connectivity index (χ3v) is 2.07. The lowest BCUT2D eigenvalue weighted by atomic mass is 10.2. The predicted molar refractivity (Wildman–Crippen MR) is 47.8 cm³/mol. The molecule has 0 aliphatic rings. The van der Waals surface area contributed by atoms with E-state index in [1.807, 2.05) is 37.5 Å². The van der Waals surface area contributed by atoms with Gasteiger partial charge in [-0.2, -0.15) is 0 Å². The summed E-state index contributed by atoms with van der Waals surface area (Å²) in [7, 11) is 0. The number of aromatic nitrogens is 1. The second-order valence-corrected chi connectivity index (χ2v) is 2.77. The molecule has 0 saturated heterocycles. The van der Waals surface area contributed by atoms with E-state index in [2.05, 4.69) is 4.98 Å². The number of hydrogen-bond acceptors (Lipinski definition) is 1. The SMILES string of the molecule is Cc1c([C]=O)[nH]c2ccccc12. The van der Waals surface area contributed by atoms with Crippen LogP contribution in [0.4, 0.5) is 0 Å². The third kappa shape index (κ3) is 0.848. The van der Waals surface area contributed by atoms with Crippen LogP contribution in [0.5, 0.6) is 0 Å². The van der Waals surface area contributed by atoms with Gasteiger partial charge >= 0.3 is 0 Å². The molecule has 0 fully saturated rings. The lowest BCUT2D eigenvalue weighted by Gasteiger charge is -1.87. The highest BCUT2D eigenvalue weighted by atomic mass is 16.1. The number of aromatic amines is 1. The van der Waals surface area contributed by atoms with Crippen LogP contribution in [0.15, 0.2) is 24.3 Å². The summed E-state index contributed by atoms with van der Waals surface area (Å²) in [5, 5.41) is 1.09. The number of rotatable bonds is 1. The van der Waals surface area contributed by atoms with E-state index in [-0.39, 0.29) is 0 Å². The maximum absolute atomic E-state index is 10.4. The Bertz CT molecular complexity index is 428. The summed E-state index contributed by atoms with van der Waals surface area (Å²) in [6.45, 7) is 1.92. The Labute approximate surface area is 70.2 Å². The highest BCUT2D eigenvalue weighted by molar-refractivity contribution is 5.91. The van der Waals surface area contributed by atoms with E-state index in [9.17, 15) is 4.79 Å². The minimum Gasteiger partial charge on any atom is -0.351 e. The first-order valence-corrected chi connectivity index (χ1v) is 3.78. The Hall–Kier alpha value is -1.57. The summed E-state index contributed by atoms with van der Waals surface area (Å²) in [6.07, 6.45) is 1.88. The first kappa shape index (κ1) is 7.10. The summed E-state index contributed by atoms with van der Waals surface area (Å²) in [6, 6.07) is 7.83. The van der Waals surface area contributed by atoms with E-state index < -0.39 is 0 Å². The molecule has 12 heavy (non-hydrogen) atoms. The molecular formula is C10H8NO. The van der Waals surface area contributed by atoms with E-state index in [1.165, 1.54) is 0 Å². The van der Waals surface area contributed by atoms with E-state index in [4.69, 9.17) is 0 Å². The summed E-state index contributed by atoms with van der Waals surface area (Å²) in [5.74, 6) is 0. The van der Waals surface area contributed by atoms with Crippen molar-refractivity contribution in [3.63, 3.8) is 0 Å². The molecule has 0 unspecified atom stereocenters. The van der Waals surface area contributed by atoms with Crippen LogP contribution < -0.4 is 0 Å². The molecule has 1 heterocycles. The molecule has 0 bridgehead atoms. The molecule has 2 nitrogen and oxygen atoms in total. The quantitative estimate of drug-likeness (QED) is 0.675. The van der Waals surface area contributed by atoms with Crippen LogP contribution in [-0.2, 0) is 4.79 Å². The van der Waals surface area contributed by atoms with Crippen LogP contribution >= 0.6 is 0 Å². The standard InChI is InChI=1S/C10H8NO/c1-7-8-4-2-3-5-9(8)11-10(7)6-12/h2-5,11H,1H3. The third-order valence-electron chi connectivity index (χ3n) is 2.07. The molecule has 59 valence electrons. The first-order valence-electron chi connectivity index (χ1n) is 3.78. The Balaban J connectivity index is 2.87. The predicted octanol–water partition coefficient (Wildman–Crippen LogP) is 1.93. The van der Waals surface area contributed by atoms with Gasteiger partial charge in [0.05, 0.1) is 5.69 Å². The lowest BCUT2D eigenvalue weighted by Crippen LogP contribution is -1.80. The van der Waals surface area contributed by atoms with Crippen molar-refractivity contribution in [3.8, 4) is 0 Å². The van der Waals surface area contributed by atoms with Crippen molar-refractivity contribution in [2.45, 2.75) is 6.92 Å². The van der Waals surface area contributed by atoms with E-state index in [1.54, 1.807) is 0 Å². The number of fused-ring (bicyclic) bond motifs is 1. The zero-order valence-corrected chi connectivity index (χ0v) is 6.72. The Kier molecular flexibility index (Phi) is 1.47. The highest BCUT2D eigenvalue weighted by Gasteiger charge is 2.04. The van der Waals surface area contributed by atoms with Crippen LogP contribution in [-0.4, -0.2) is 11.3 Å². The number of aryl methyl sites for hydroxylation is 1. The van der Waals surface area contributed by atoms with Crippen molar-refractivity contribution in [2.75, 3.05) is 0 Å². The van der Waals surface area contributed by atoms with Gasteiger partial charge in [-0.1, -0.05) is 18.2 Å². The van der Waals surface area contributed by atoms with Crippen molar-refractivity contribution < 1.29 is 4.79 Å². The molecule has 0 aliphatic heterocycles. The van der Waals surface area contributed by atoms with Gasteiger partial charge in [0, 0.05) is 10.9 Å². The molecule has 0 atom stereocenters. The fraction of sp³-hybridized carbons (Fsp3) is 0.100. The first-order chi connectivity index (χ1) is 5.83. The zero-order chi connectivity index (χ0) is 8.55. The van der Waals surface area contributed by atoms with Crippen molar-refractivity contribution >= 4 is 17.2 Å². The summed E-state index contributed by atoms with van der Waals surface area (Å²) in [4.78, 5) is 13.4. The second-order valence-electron chi connectivity index (χ2n) is 2.77. The number of nitrogens with one attached hydrogen (secondary N) is 1. The van der Waals surface area contributed by atoms with Crippen molar-refractivity contribution in [3.05, 3.63) is 35.5 Å². The zero-order valence-electron chi connectivity index (χ0n) is 6.72. The van der Waals surface area contributed by atoms with Gasteiger partial charge in [-0.3, -0.25) is 4.79 Å². The topological polar surface area (TPSA) is 32.9 Å². The minimum absolute atomic E-state index is 0.552. The van der Waals surface area contributed by atoms with Crippen molar-refractivity contribution in [1.29, 1.82) is 0 Å². The molecule has 1 radical (unpaired) electrons. The van der Waals surface area contributed by atoms with Crippen LogP contribution in [0.3, 0.4) is 0 Å². The van der Waals surface area contributed by atoms with Gasteiger partial charge in [0.25, 0.3) is 6.29 Å². The van der Waals surface area contributed by atoms with Gasteiger partial charge in [0.1, 0.15) is 0 Å². The number of H-pyrrole nitrogens is 1. The van der Waals surface area contributed by atoms with Gasteiger partial charge in [-0.15, -0.1) is 0 Å². The number of hydrogen-bond donors (Lipinski definition) is 1. The van der Waals surface area contributed by atoms with E-state index >= 15 is 0 Å². The fourth-order valence-electron chi connectivity index (χ4n) is 1.38. The molecule has 2 heteroatoms. The minimum atomic E-state index is 0.552. The number of carbonyl (C=O) groups excluding carboxylic acids is 1. The van der Waals surface area contributed by atoms with Gasteiger partial charge in [0.2, 0.25) is 0 Å². The smallest absolute Gasteiger partial charge is 0.251 e. The summed E-state index contributed by atoms with van der Waals surface area (Å²) in [5.41, 5.74) is 2.52. The van der Waals surface area contributed by atoms with Crippen molar-refractivity contribution in [2.24, 2.45) is 0 Å². The number of para-hydroxylation sites is 1. The highest BCUT2D eigenvalue weighted by Crippen LogP contribution is 2.19. The fourth-order valence-corrected chi connectivity index (χ4v) is 1.38. The van der Waals surface area contributed by atoms with E-state index in [0.29, 0.717) is 5.69 Å². The molecular weight excluding hydrogens is 150 g/mol. The Morgan fingerprint density at radius 1 is 1.33 bits per heavy atom. The van der Waals surface area contributed by atoms with Crippen LogP contribution in [0.25, 0.3) is 10.9 Å². The summed E-state index contributed by atoms with van der Waals surface area (Å²) >= 11 is 0. The maximum atomic E-state index is 10.4. The average molecular weight is 158 g/mol. The summed E-state index contributed by atoms with van der Waals surface area (Å²) < 4.78 is 0. The molecule has 2 aromatic rings. The van der Waals surface area contributed by atoms with Crippen LogP contribution in [0.1, 0.15) is 11.3 Å². The molecule has 0 saturated carbocycles. The molecule has 0 amide bonds. The van der Waals surface area contributed by atoms with E-state index in [0.717, 1.165) is 16.5 Å².